The summed E-state index contributed by atoms with van der Waals surface area (Å²) in [5.41, 5.74) is 0.0801. The van der Waals surface area contributed by atoms with Crippen LogP contribution in [0, 0.1) is 0 Å². The van der Waals surface area contributed by atoms with Crippen LogP contribution in [0.15, 0.2) is 32.9 Å². The summed E-state index contributed by atoms with van der Waals surface area (Å²) in [6.45, 7) is 0.147. The third-order valence-corrected chi connectivity index (χ3v) is 4.98. The Morgan fingerprint density at radius 3 is 2.81 bits per heavy atom. The molecule has 1 aliphatic heterocycles. The van der Waals surface area contributed by atoms with Crippen LogP contribution in [0.5, 0.6) is 11.5 Å². The average Bonchev–Trinajstić information content (AvgIpc) is 3.28. The van der Waals surface area contributed by atoms with Gasteiger partial charge in [0.2, 0.25) is 6.79 Å². The first-order valence-corrected chi connectivity index (χ1v) is 8.65. The first-order valence-electron chi connectivity index (χ1n) is 7.67. The summed E-state index contributed by atoms with van der Waals surface area (Å²) in [5.74, 6) is 1.16. The number of carbonyl (C=O) groups is 1. The highest BCUT2D eigenvalue weighted by Crippen LogP contribution is 2.33. The van der Waals surface area contributed by atoms with Crippen LogP contribution in [0.25, 0.3) is 11.2 Å². The standard InChI is InChI=1S/C16H14N4O5S/c1-19-13-12(14(22)20(2)16(19)23)17-15(18-13)26-6-9(21)8-3-4-10-11(5-8)25-7-24-10/h3-5H,6-7H2,1-2H3,(H,17,18). The number of nitrogens with zero attached hydrogens (tertiary/aromatic N) is 3. The summed E-state index contributed by atoms with van der Waals surface area (Å²) in [6.07, 6.45) is 0. The lowest BCUT2D eigenvalue weighted by molar-refractivity contribution is 0.102. The normalized spacial score (nSPS) is 12.7. The fourth-order valence-electron chi connectivity index (χ4n) is 2.66. The summed E-state index contributed by atoms with van der Waals surface area (Å²) in [6, 6.07) is 5.01. The summed E-state index contributed by atoms with van der Waals surface area (Å²) in [4.78, 5) is 43.6. The first-order chi connectivity index (χ1) is 12.5. The van der Waals surface area contributed by atoms with E-state index in [0.29, 0.717) is 22.2 Å². The SMILES string of the molecule is Cn1c(=O)c2[nH]c(SCC(=O)c3ccc4c(c3)OCO4)nc2n(C)c1=O. The Labute approximate surface area is 150 Å². The number of nitrogens with one attached hydrogen (secondary N) is 1. The molecule has 1 aliphatic rings. The van der Waals surface area contributed by atoms with Crippen LogP contribution in [-0.2, 0) is 14.1 Å². The van der Waals surface area contributed by atoms with E-state index in [9.17, 15) is 14.4 Å². The molecule has 10 heteroatoms. The molecular weight excluding hydrogens is 360 g/mol. The second kappa shape index (κ2) is 6.06. The van der Waals surface area contributed by atoms with Gasteiger partial charge in [0.05, 0.1) is 5.75 Å². The number of aryl methyl sites for hydroxylation is 1. The van der Waals surface area contributed by atoms with Gasteiger partial charge in [-0.15, -0.1) is 0 Å². The lowest BCUT2D eigenvalue weighted by atomic mass is 10.1. The van der Waals surface area contributed by atoms with Gasteiger partial charge in [-0.05, 0) is 18.2 Å². The maximum Gasteiger partial charge on any atom is 0.332 e. The number of aromatic amines is 1. The number of H-pyrrole nitrogens is 1. The molecule has 0 amide bonds. The molecule has 2 aromatic heterocycles. The van der Waals surface area contributed by atoms with Gasteiger partial charge in [-0.25, -0.2) is 9.78 Å². The monoisotopic (exact) mass is 374 g/mol. The van der Waals surface area contributed by atoms with E-state index in [1.54, 1.807) is 18.2 Å². The molecule has 0 atom stereocenters. The highest BCUT2D eigenvalue weighted by molar-refractivity contribution is 7.99. The number of rotatable bonds is 4. The molecule has 0 saturated carbocycles. The minimum absolute atomic E-state index is 0.115. The van der Waals surface area contributed by atoms with Crippen molar-refractivity contribution in [3.8, 4) is 11.5 Å². The smallest absolute Gasteiger partial charge is 0.332 e. The second-order valence-electron chi connectivity index (χ2n) is 5.73. The zero-order valence-electron chi connectivity index (χ0n) is 13.9. The van der Waals surface area contributed by atoms with Crippen LogP contribution in [0.4, 0.5) is 0 Å². The van der Waals surface area contributed by atoms with E-state index in [4.69, 9.17) is 9.47 Å². The summed E-state index contributed by atoms with van der Waals surface area (Å²) in [5, 5.41) is 0.396. The molecule has 134 valence electrons. The van der Waals surface area contributed by atoms with Crippen LogP contribution >= 0.6 is 11.8 Å². The maximum absolute atomic E-state index is 12.4. The van der Waals surface area contributed by atoms with E-state index in [1.165, 1.54) is 18.7 Å². The second-order valence-corrected chi connectivity index (χ2v) is 6.69. The molecule has 0 fully saturated rings. The van der Waals surface area contributed by atoms with Crippen molar-refractivity contribution in [3.63, 3.8) is 0 Å². The van der Waals surface area contributed by atoms with E-state index >= 15 is 0 Å². The van der Waals surface area contributed by atoms with Crippen molar-refractivity contribution in [3.05, 3.63) is 44.6 Å². The number of hydrogen-bond donors (Lipinski definition) is 1. The van der Waals surface area contributed by atoms with Crippen molar-refractivity contribution >= 4 is 28.7 Å². The molecule has 1 aromatic carbocycles. The Balaban J connectivity index is 1.57. The average molecular weight is 374 g/mol. The number of thioether (sulfide) groups is 1. The molecule has 9 nitrogen and oxygen atoms in total. The van der Waals surface area contributed by atoms with Gasteiger partial charge in [0.1, 0.15) is 0 Å². The van der Waals surface area contributed by atoms with Gasteiger partial charge < -0.3 is 14.5 Å². The Morgan fingerprint density at radius 2 is 2.00 bits per heavy atom. The molecule has 3 aromatic rings. The Morgan fingerprint density at radius 1 is 1.23 bits per heavy atom. The van der Waals surface area contributed by atoms with Crippen LogP contribution in [0.3, 0.4) is 0 Å². The molecule has 4 rings (SSSR count). The summed E-state index contributed by atoms with van der Waals surface area (Å²) >= 11 is 1.16. The Kier molecular flexibility index (Phi) is 3.83. The van der Waals surface area contributed by atoms with Gasteiger partial charge in [-0.3, -0.25) is 18.7 Å². The fraction of sp³-hybridized carbons (Fsp3) is 0.250. The van der Waals surface area contributed by atoms with Gasteiger partial charge in [0.15, 0.2) is 33.6 Å². The van der Waals surface area contributed by atoms with Crippen molar-refractivity contribution in [1.82, 2.24) is 19.1 Å². The number of carbonyl (C=O) groups excluding carboxylic acids is 1. The number of imidazole rings is 1. The molecule has 0 unspecified atom stereocenters. The van der Waals surface area contributed by atoms with E-state index < -0.39 is 11.2 Å². The van der Waals surface area contributed by atoms with Gasteiger partial charge in [0.25, 0.3) is 5.56 Å². The molecule has 0 spiro atoms. The molecule has 0 bridgehead atoms. The zero-order valence-corrected chi connectivity index (χ0v) is 14.8. The van der Waals surface area contributed by atoms with Gasteiger partial charge in [0, 0.05) is 19.7 Å². The molecule has 0 saturated heterocycles. The molecule has 26 heavy (non-hydrogen) atoms. The summed E-state index contributed by atoms with van der Waals surface area (Å²) in [7, 11) is 2.94. The quantitative estimate of drug-likeness (QED) is 0.528. The fourth-order valence-corrected chi connectivity index (χ4v) is 3.42. The molecule has 0 radical (unpaired) electrons. The van der Waals surface area contributed by atoms with E-state index in [2.05, 4.69) is 9.97 Å². The molecule has 3 heterocycles. The number of benzene rings is 1. The topological polar surface area (TPSA) is 108 Å². The van der Waals surface area contributed by atoms with Crippen LogP contribution in [0.2, 0.25) is 0 Å². The third kappa shape index (κ3) is 2.58. The number of ether oxygens (including phenoxy) is 2. The lowest BCUT2D eigenvalue weighted by Gasteiger charge is -2.01. The molecule has 1 N–H and O–H groups in total. The van der Waals surface area contributed by atoms with Gasteiger partial charge in [-0.2, -0.15) is 0 Å². The molecule has 0 aliphatic carbocycles. The van der Waals surface area contributed by atoms with Crippen LogP contribution < -0.4 is 20.7 Å². The summed E-state index contributed by atoms with van der Waals surface area (Å²) < 4.78 is 12.8. The third-order valence-electron chi connectivity index (χ3n) is 4.11. The van der Waals surface area contributed by atoms with Crippen LogP contribution in [0.1, 0.15) is 10.4 Å². The largest absolute Gasteiger partial charge is 0.454 e. The predicted octanol–water partition coefficient (Wildman–Crippen LogP) is 0.664. The number of ketones is 1. The maximum atomic E-state index is 12.4. The Bertz CT molecular complexity index is 1160. The number of aromatic nitrogens is 4. The highest BCUT2D eigenvalue weighted by Gasteiger charge is 2.18. The van der Waals surface area contributed by atoms with E-state index in [-0.39, 0.29) is 29.5 Å². The minimum atomic E-state index is -0.456. The first kappa shape index (κ1) is 16.5. The van der Waals surface area contributed by atoms with Crippen molar-refractivity contribution in [2.75, 3.05) is 12.5 Å². The van der Waals surface area contributed by atoms with Crippen molar-refractivity contribution < 1.29 is 14.3 Å². The van der Waals surface area contributed by atoms with Crippen LogP contribution in [-0.4, -0.2) is 37.4 Å². The minimum Gasteiger partial charge on any atom is -0.454 e. The number of hydrogen-bond acceptors (Lipinski definition) is 7. The number of fused-ring (bicyclic) bond motifs is 2. The van der Waals surface area contributed by atoms with E-state index in [1.807, 2.05) is 0 Å². The van der Waals surface area contributed by atoms with Crippen molar-refractivity contribution in [1.29, 1.82) is 0 Å². The van der Waals surface area contributed by atoms with Crippen molar-refractivity contribution in [2.24, 2.45) is 14.1 Å². The lowest BCUT2D eigenvalue weighted by Crippen LogP contribution is -2.36. The van der Waals surface area contributed by atoms with Crippen molar-refractivity contribution in [2.45, 2.75) is 5.16 Å². The van der Waals surface area contributed by atoms with Gasteiger partial charge >= 0.3 is 5.69 Å². The predicted molar refractivity (Wildman–Crippen MR) is 94.2 cm³/mol. The van der Waals surface area contributed by atoms with Gasteiger partial charge in [-0.1, -0.05) is 11.8 Å². The highest BCUT2D eigenvalue weighted by atomic mass is 32.2. The van der Waals surface area contributed by atoms with E-state index in [0.717, 1.165) is 16.3 Å². The Hall–Kier alpha value is -3.01. The molecular formula is C16H14N4O5S. The zero-order chi connectivity index (χ0) is 18.4. The number of Topliss-reactive ketones (excluding diaryl/α,β-unsaturated/α-hetero) is 1.